The Hall–Kier alpha value is -2.16. The van der Waals surface area contributed by atoms with Gasteiger partial charge in [-0.25, -0.2) is 17.4 Å². The maximum absolute atomic E-state index is 13.5. The number of rotatable bonds is 4. The number of ether oxygens (including phenoxy) is 1. The van der Waals surface area contributed by atoms with E-state index in [9.17, 15) is 22.7 Å². The van der Waals surface area contributed by atoms with E-state index in [1.165, 1.54) is 45.6 Å². The van der Waals surface area contributed by atoms with Gasteiger partial charge in [0.1, 0.15) is 10.5 Å². The Morgan fingerprint density at radius 3 is 2.08 bits per heavy atom. The zero-order valence-electron chi connectivity index (χ0n) is 20.7. The Morgan fingerprint density at radius 1 is 1.03 bits per heavy atom. The minimum absolute atomic E-state index is 0.00639. The second-order valence-corrected chi connectivity index (χ2v) is 12.7. The van der Waals surface area contributed by atoms with Crippen LogP contribution < -0.4 is 0 Å². The zero-order chi connectivity index (χ0) is 27.3. The van der Waals surface area contributed by atoms with Gasteiger partial charge >= 0.3 is 6.09 Å². The fourth-order valence-electron chi connectivity index (χ4n) is 3.27. The summed E-state index contributed by atoms with van der Waals surface area (Å²) in [5.41, 5.74) is -0.559. The number of nitrogens with zero attached hydrogens (tertiary/aromatic N) is 3. The molecule has 196 valence electrons. The van der Waals surface area contributed by atoms with E-state index >= 15 is 0 Å². The van der Waals surface area contributed by atoms with Crippen molar-refractivity contribution in [3.63, 3.8) is 0 Å². The lowest BCUT2D eigenvalue weighted by Gasteiger charge is -2.35. The molecule has 0 aliphatic carbocycles. The molecule has 3 rings (SSSR count). The molecule has 1 saturated heterocycles. The summed E-state index contributed by atoms with van der Waals surface area (Å²) in [5, 5.41) is 9.83. The SMILES string of the molecule is CC.CC(C)(C)OC(=O)N1CCN(S(=O)(=O)c2cc(C#N)ccc2S(=O)c2cc(Cl)cc(Cl)c2)CC1. The summed E-state index contributed by atoms with van der Waals surface area (Å²) in [7, 11) is -6.07. The quantitative estimate of drug-likeness (QED) is 0.491. The first-order valence-electron chi connectivity index (χ1n) is 11.2. The van der Waals surface area contributed by atoms with Crippen LogP contribution in [0.25, 0.3) is 0 Å². The molecule has 0 N–H and O–H groups in total. The average Bonchev–Trinajstić information content (AvgIpc) is 2.83. The molecule has 12 heteroatoms. The molecule has 36 heavy (non-hydrogen) atoms. The van der Waals surface area contributed by atoms with Gasteiger partial charge in [-0.1, -0.05) is 37.0 Å². The lowest BCUT2D eigenvalue weighted by molar-refractivity contribution is 0.0192. The van der Waals surface area contributed by atoms with Crippen LogP contribution in [0.2, 0.25) is 10.0 Å². The number of nitriles is 1. The average molecular weight is 575 g/mol. The van der Waals surface area contributed by atoms with Crippen LogP contribution in [0.1, 0.15) is 40.2 Å². The second-order valence-electron chi connectivity index (χ2n) is 8.52. The number of carbonyl (C=O) groups excluding carboxylic acids is 1. The molecule has 0 bridgehead atoms. The minimum atomic E-state index is -4.14. The highest BCUT2D eigenvalue weighted by Gasteiger charge is 2.34. The molecule has 0 aromatic heterocycles. The Kier molecular flexibility index (Phi) is 10.3. The summed E-state index contributed by atoms with van der Waals surface area (Å²) in [6.45, 7) is 9.57. The number of halogens is 2. The van der Waals surface area contributed by atoms with E-state index in [2.05, 4.69) is 0 Å². The van der Waals surface area contributed by atoms with Crippen molar-refractivity contribution >= 4 is 50.1 Å². The van der Waals surface area contributed by atoms with Gasteiger partial charge in [0.15, 0.2) is 0 Å². The highest BCUT2D eigenvalue weighted by atomic mass is 35.5. The van der Waals surface area contributed by atoms with Gasteiger partial charge in [-0.2, -0.15) is 9.57 Å². The highest BCUT2D eigenvalue weighted by Crippen LogP contribution is 2.31. The van der Waals surface area contributed by atoms with Crippen molar-refractivity contribution in [3.05, 3.63) is 52.0 Å². The van der Waals surface area contributed by atoms with Crippen LogP contribution in [0.3, 0.4) is 0 Å². The molecule has 0 radical (unpaired) electrons. The molecule has 8 nitrogen and oxygen atoms in total. The van der Waals surface area contributed by atoms with Gasteiger partial charge in [-0.3, -0.25) is 0 Å². The largest absolute Gasteiger partial charge is 0.444 e. The Morgan fingerprint density at radius 2 is 1.58 bits per heavy atom. The lowest BCUT2D eigenvalue weighted by atomic mass is 10.2. The van der Waals surface area contributed by atoms with E-state index in [1.54, 1.807) is 20.8 Å². The second kappa shape index (κ2) is 12.4. The molecule has 1 amide bonds. The molecule has 1 aliphatic rings. The van der Waals surface area contributed by atoms with Crippen molar-refractivity contribution in [2.45, 2.75) is 54.9 Å². The minimum Gasteiger partial charge on any atom is -0.444 e. The van der Waals surface area contributed by atoms with Gasteiger partial charge in [0.05, 0.1) is 27.3 Å². The first-order chi connectivity index (χ1) is 16.8. The Bertz CT molecular complexity index is 1260. The fraction of sp³-hybridized carbons (Fsp3) is 0.417. The monoisotopic (exact) mass is 573 g/mol. The molecule has 1 unspecified atom stereocenters. The maximum atomic E-state index is 13.5. The van der Waals surface area contributed by atoms with Crippen LogP contribution in [-0.2, 0) is 25.6 Å². The Labute approximate surface area is 225 Å². The molecule has 1 fully saturated rings. The molecular formula is C24H29Cl2N3O5S2. The van der Waals surface area contributed by atoms with Gasteiger partial charge < -0.3 is 9.64 Å². The predicted molar refractivity (Wildman–Crippen MR) is 140 cm³/mol. The van der Waals surface area contributed by atoms with E-state index in [0.717, 1.165) is 0 Å². The van der Waals surface area contributed by atoms with E-state index in [1.807, 2.05) is 19.9 Å². The topological polar surface area (TPSA) is 108 Å². The van der Waals surface area contributed by atoms with Gasteiger partial charge in [0.25, 0.3) is 0 Å². The van der Waals surface area contributed by atoms with Crippen molar-refractivity contribution in [2.24, 2.45) is 0 Å². The van der Waals surface area contributed by atoms with Gasteiger partial charge in [0.2, 0.25) is 10.0 Å². The fourth-order valence-corrected chi connectivity index (χ4v) is 7.15. The normalized spacial score (nSPS) is 15.3. The third-order valence-electron chi connectivity index (χ3n) is 4.83. The maximum Gasteiger partial charge on any atom is 0.410 e. The number of carbonyl (C=O) groups is 1. The number of piperazine rings is 1. The standard InChI is InChI=1S/C22H23Cl2N3O5S2.C2H6/c1-22(2,3)32-21(28)26-6-8-27(9-7-26)34(30,31)20-10-15(14-25)4-5-19(20)33(29)18-12-16(23)11-17(24)13-18;1-2/h4-5,10-13H,6-9H2,1-3H3;1-2H3. The summed E-state index contributed by atoms with van der Waals surface area (Å²) < 4.78 is 47.0. The third kappa shape index (κ3) is 7.43. The van der Waals surface area contributed by atoms with Gasteiger partial charge in [-0.15, -0.1) is 0 Å². The molecule has 1 atom stereocenters. The molecule has 1 heterocycles. The van der Waals surface area contributed by atoms with Crippen molar-refractivity contribution in [1.29, 1.82) is 5.26 Å². The predicted octanol–water partition coefficient (Wildman–Crippen LogP) is 5.30. The van der Waals surface area contributed by atoms with Crippen molar-refractivity contribution in [2.75, 3.05) is 26.2 Å². The molecule has 2 aromatic carbocycles. The zero-order valence-corrected chi connectivity index (χ0v) is 23.9. The third-order valence-corrected chi connectivity index (χ3v) is 8.75. The van der Waals surface area contributed by atoms with Crippen LogP contribution in [0.4, 0.5) is 4.79 Å². The van der Waals surface area contributed by atoms with Gasteiger partial charge in [0, 0.05) is 41.1 Å². The van der Waals surface area contributed by atoms with Crippen molar-refractivity contribution in [3.8, 4) is 6.07 Å². The Balaban J connectivity index is 0.00000222. The first kappa shape index (κ1) is 30.1. The summed E-state index contributed by atoms with van der Waals surface area (Å²) in [4.78, 5) is 13.7. The highest BCUT2D eigenvalue weighted by molar-refractivity contribution is 7.90. The summed E-state index contributed by atoms with van der Waals surface area (Å²) in [5.74, 6) is 0. The summed E-state index contributed by atoms with van der Waals surface area (Å²) in [6, 6.07) is 10.2. The van der Waals surface area contributed by atoms with Gasteiger partial charge in [-0.05, 0) is 57.2 Å². The van der Waals surface area contributed by atoms with E-state index < -0.39 is 32.5 Å². The number of amides is 1. The summed E-state index contributed by atoms with van der Waals surface area (Å²) >= 11 is 12.1. The molecule has 0 spiro atoms. The number of sulfonamides is 1. The van der Waals surface area contributed by atoms with Crippen LogP contribution in [-0.4, -0.2) is 59.7 Å². The number of benzene rings is 2. The van der Waals surface area contributed by atoms with Crippen LogP contribution in [0.15, 0.2) is 51.1 Å². The van der Waals surface area contributed by atoms with E-state index in [-0.39, 0.29) is 56.5 Å². The van der Waals surface area contributed by atoms with Crippen LogP contribution in [0, 0.1) is 11.3 Å². The smallest absolute Gasteiger partial charge is 0.410 e. The lowest BCUT2D eigenvalue weighted by Crippen LogP contribution is -2.51. The molecule has 1 aliphatic heterocycles. The van der Waals surface area contributed by atoms with Crippen molar-refractivity contribution < 1.29 is 22.2 Å². The van der Waals surface area contributed by atoms with Crippen LogP contribution in [0.5, 0.6) is 0 Å². The first-order valence-corrected chi connectivity index (χ1v) is 14.6. The molecular weight excluding hydrogens is 545 g/mol. The summed E-state index contributed by atoms with van der Waals surface area (Å²) in [6.07, 6.45) is -0.518. The van der Waals surface area contributed by atoms with E-state index in [0.29, 0.717) is 0 Å². The van der Waals surface area contributed by atoms with Crippen LogP contribution >= 0.6 is 23.2 Å². The molecule has 0 saturated carbocycles. The number of hydrogen-bond acceptors (Lipinski definition) is 6. The van der Waals surface area contributed by atoms with E-state index in [4.69, 9.17) is 27.9 Å². The number of hydrogen-bond donors (Lipinski definition) is 0. The van der Waals surface area contributed by atoms with Crippen molar-refractivity contribution in [1.82, 2.24) is 9.21 Å². The molecule has 2 aromatic rings.